The molecule has 1 N–H and O–H groups in total. The van der Waals surface area contributed by atoms with Gasteiger partial charge in [0.2, 0.25) is 0 Å². The van der Waals surface area contributed by atoms with Crippen LogP contribution >= 0.6 is 0 Å². The van der Waals surface area contributed by atoms with Crippen molar-refractivity contribution in [2.45, 2.75) is 44.8 Å². The van der Waals surface area contributed by atoms with Crippen molar-refractivity contribution in [2.24, 2.45) is 0 Å². The molecule has 1 atom stereocenters. The third-order valence-electron chi connectivity index (χ3n) is 4.79. The average molecular weight is 397 g/mol. The molecule has 1 fully saturated rings. The van der Waals surface area contributed by atoms with Crippen LogP contribution in [-0.2, 0) is 11.3 Å². The molecule has 1 saturated heterocycles. The Morgan fingerprint density at radius 2 is 1.89 bits per heavy atom. The van der Waals surface area contributed by atoms with E-state index in [9.17, 15) is 13.2 Å². The van der Waals surface area contributed by atoms with E-state index in [-0.39, 0.29) is 0 Å². The number of rotatable bonds is 5. The van der Waals surface area contributed by atoms with Crippen LogP contribution in [0.25, 0.3) is 0 Å². The molecular weight excluding hydrogens is 371 g/mol. The maximum Gasteiger partial charge on any atom is 0.490 e. The van der Waals surface area contributed by atoms with Crippen molar-refractivity contribution in [3.05, 3.63) is 53.9 Å². The van der Waals surface area contributed by atoms with Gasteiger partial charge in [-0.3, -0.25) is 4.68 Å². The van der Waals surface area contributed by atoms with Crippen LogP contribution in [0.2, 0.25) is 0 Å². The highest BCUT2D eigenvalue weighted by Gasteiger charge is 2.38. The first kappa shape index (κ1) is 21.9. The molecule has 1 aliphatic heterocycles. The summed E-state index contributed by atoms with van der Waals surface area (Å²) in [4.78, 5) is 11.5. The summed E-state index contributed by atoms with van der Waals surface area (Å²) in [5.74, 6) is -2.04. The summed E-state index contributed by atoms with van der Waals surface area (Å²) in [7, 11) is 0. The number of carbonyl (C=O) groups is 1. The average Bonchev–Trinajstić information content (AvgIpc) is 3.07. The van der Waals surface area contributed by atoms with Gasteiger partial charge in [0.25, 0.3) is 0 Å². The molecule has 28 heavy (non-hydrogen) atoms. The number of carboxylic acid groups (broad SMARTS) is 1. The van der Waals surface area contributed by atoms with E-state index in [1.807, 2.05) is 6.20 Å². The first-order valence-electron chi connectivity index (χ1n) is 9.33. The van der Waals surface area contributed by atoms with Gasteiger partial charge in [0.15, 0.2) is 0 Å². The molecule has 0 radical (unpaired) electrons. The standard InChI is InChI=1S/C18H25N3.C2HF3O2/c1-16-10-11-19-21(16)14-6-13-20-12-5-9-18(15-20)17-7-3-2-4-8-17;3-2(4,5)1(6)7/h2-4,7-8,10-11,18H,5-6,9,12-15H2,1H3;(H,6,7). The van der Waals surface area contributed by atoms with E-state index in [1.54, 1.807) is 0 Å². The number of hydrogen-bond donors (Lipinski definition) is 1. The molecule has 5 nitrogen and oxygen atoms in total. The molecule has 0 spiro atoms. The predicted octanol–water partition coefficient (Wildman–Crippen LogP) is 4.09. The molecule has 3 rings (SSSR count). The molecule has 0 aliphatic carbocycles. The Labute approximate surface area is 162 Å². The van der Waals surface area contributed by atoms with E-state index < -0.39 is 12.1 Å². The number of aliphatic carboxylic acids is 1. The Morgan fingerprint density at radius 1 is 1.21 bits per heavy atom. The minimum absolute atomic E-state index is 0.714. The molecule has 1 unspecified atom stereocenters. The van der Waals surface area contributed by atoms with Crippen molar-refractivity contribution in [1.82, 2.24) is 14.7 Å². The summed E-state index contributed by atoms with van der Waals surface area (Å²) in [6.45, 7) is 6.80. The summed E-state index contributed by atoms with van der Waals surface area (Å²) >= 11 is 0. The Bertz CT molecular complexity index is 732. The second-order valence-electron chi connectivity index (χ2n) is 6.90. The van der Waals surface area contributed by atoms with Gasteiger partial charge in [0.1, 0.15) is 0 Å². The van der Waals surface area contributed by atoms with Crippen LogP contribution in [0.4, 0.5) is 13.2 Å². The number of piperidine rings is 1. The lowest BCUT2D eigenvalue weighted by atomic mass is 9.90. The topological polar surface area (TPSA) is 58.4 Å². The lowest BCUT2D eigenvalue weighted by molar-refractivity contribution is -0.192. The second-order valence-corrected chi connectivity index (χ2v) is 6.90. The van der Waals surface area contributed by atoms with Crippen LogP contribution in [0.1, 0.15) is 36.4 Å². The van der Waals surface area contributed by atoms with Gasteiger partial charge in [-0.2, -0.15) is 18.3 Å². The first-order chi connectivity index (χ1) is 13.3. The molecule has 8 heteroatoms. The van der Waals surface area contributed by atoms with Gasteiger partial charge in [-0.1, -0.05) is 30.3 Å². The number of aryl methyl sites for hydroxylation is 2. The second kappa shape index (κ2) is 10.3. The number of alkyl halides is 3. The molecule has 0 amide bonds. The fourth-order valence-electron chi connectivity index (χ4n) is 3.33. The van der Waals surface area contributed by atoms with Gasteiger partial charge in [-0.25, -0.2) is 4.79 Å². The Kier molecular flexibility index (Phi) is 8.04. The first-order valence-corrected chi connectivity index (χ1v) is 9.33. The minimum atomic E-state index is -5.08. The molecule has 0 bridgehead atoms. The fraction of sp³-hybridized carbons (Fsp3) is 0.500. The largest absolute Gasteiger partial charge is 0.490 e. The van der Waals surface area contributed by atoms with Crippen molar-refractivity contribution in [3.8, 4) is 0 Å². The number of halogens is 3. The minimum Gasteiger partial charge on any atom is -0.475 e. The zero-order valence-electron chi connectivity index (χ0n) is 15.9. The Balaban J connectivity index is 0.000000345. The summed E-state index contributed by atoms with van der Waals surface area (Å²) in [6.07, 6.45) is 0.644. The quantitative estimate of drug-likeness (QED) is 0.826. The molecule has 1 aromatic heterocycles. The van der Waals surface area contributed by atoms with Crippen LogP contribution in [0, 0.1) is 6.92 Å². The smallest absolute Gasteiger partial charge is 0.475 e. The normalized spacial score (nSPS) is 17.6. The third kappa shape index (κ3) is 6.99. The number of likely N-dealkylation sites (tertiary alicyclic amines) is 1. The Hall–Kier alpha value is -2.35. The van der Waals surface area contributed by atoms with E-state index >= 15 is 0 Å². The van der Waals surface area contributed by atoms with Gasteiger partial charge >= 0.3 is 12.1 Å². The highest BCUT2D eigenvalue weighted by molar-refractivity contribution is 5.73. The van der Waals surface area contributed by atoms with Crippen LogP contribution in [0.5, 0.6) is 0 Å². The van der Waals surface area contributed by atoms with Crippen LogP contribution in [-0.4, -0.2) is 51.6 Å². The van der Waals surface area contributed by atoms with E-state index in [0.717, 1.165) is 6.54 Å². The summed E-state index contributed by atoms with van der Waals surface area (Å²) < 4.78 is 33.8. The van der Waals surface area contributed by atoms with Crippen molar-refractivity contribution in [1.29, 1.82) is 0 Å². The van der Waals surface area contributed by atoms with Crippen molar-refractivity contribution in [3.63, 3.8) is 0 Å². The number of nitrogens with zero attached hydrogens (tertiary/aromatic N) is 3. The monoisotopic (exact) mass is 397 g/mol. The maximum atomic E-state index is 10.6. The molecular formula is C20H26F3N3O2. The lowest BCUT2D eigenvalue weighted by Gasteiger charge is -2.33. The SMILES string of the molecule is Cc1ccnn1CCCN1CCCC(c2ccccc2)C1.O=C(O)C(F)(F)F. The van der Waals surface area contributed by atoms with E-state index in [4.69, 9.17) is 9.90 Å². The molecule has 2 aromatic rings. The van der Waals surface area contributed by atoms with Gasteiger partial charge in [0.05, 0.1) is 0 Å². The van der Waals surface area contributed by atoms with Crippen LogP contribution in [0.15, 0.2) is 42.6 Å². The highest BCUT2D eigenvalue weighted by Crippen LogP contribution is 2.26. The van der Waals surface area contributed by atoms with Crippen LogP contribution < -0.4 is 0 Å². The summed E-state index contributed by atoms with van der Waals surface area (Å²) in [5, 5.41) is 11.5. The summed E-state index contributed by atoms with van der Waals surface area (Å²) in [5.41, 5.74) is 2.76. The van der Waals surface area contributed by atoms with E-state index in [1.165, 1.54) is 50.2 Å². The molecule has 0 saturated carbocycles. The van der Waals surface area contributed by atoms with Gasteiger partial charge in [-0.05, 0) is 56.8 Å². The van der Waals surface area contributed by atoms with Gasteiger partial charge < -0.3 is 10.0 Å². The fourth-order valence-corrected chi connectivity index (χ4v) is 3.33. The molecule has 2 heterocycles. The number of carboxylic acids is 1. The van der Waals surface area contributed by atoms with Crippen molar-refractivity contribution in [2.75, 3.05) is 19.6 Å². The highest BCUT2D eigenvalue weighted by atomic mass is 19.4. The van der Waals surface area contributed by atoms with Crippen molar-refractivity contribution < 1.29 is 23.1 Å². The molecule has 1 aromatic carbocycles. The van der Waals surface area contributed by atoms with Gasteiger partial charge in [-0.15, -0.1) is 0 Å². The lowest BCUT2D eigenvalue weighted by Crippen LogP contribution is -2.35. The molecule has 154 valence electrons. The number of hydrogen-bond acceptors (Lipinski definition) is 3. The zero-order valence-corrected chi connectivity index (χ0v) is 15.9. The van der Waals surface area contributed by atoms with Gasteiger partial charge in [0, 0.05) is 25.0 Å². The van der Waals surface area contributed by atoms with Crippen LogP contribution in [0.3, 0.4) is 0 Å². The third-order valence-corrected chi connectivity index (χ3v) is 4.79. The number of benzene rings is 1. The summed E-state index contributed by atoms with van der Waals surface area (Å²) in [6, 6.07) is 13.1. The zero-order chi connectivity index (χ0) is 20.6. The van der Waals surface area contributed by atoms with E-state index in [0.29, 0.717) is 5.92 Å². The maximum absolute atomic E-state index is 10.6. The Morgan fingerprint density at radius 3 is 2.46 bits per heavy atom. The van der Waals surface area contributed by atoms with E-state index in [2.05, 4.69) is 58.0 Å². The predicted molar refractivity (Wildman–Crippen MR) is 100 cm³/mol. The molecule has 1 aliphatic rings. The van der Waals surface area contributed by atoms with Crippen molar-refractivity contribution >= 4 is 5.97 Å². The number of aromatic nitrogens is 2.